The largest absolute Gasteiger partial charge is 0.372 e. The van der Waals surface area contributed by atoms with Crippen LogP contribution in [0.25, 0.3) is 0 Å². The van der Waals surface area contributed by atoms with Gasteiger partial charge in [0.2, 0.25) is 5.91 Å². The molecule has 3 fully saturated rings. The minimum absolute atomic E-state index is 0.113. The Balaban J connectivity index is 1.54. The molecule has 23 heavy (non-hydrogen) atoms. The van der Waals surface area contributed by atoms with Gasteiger partial charge in [0, 0.05) is 31.5 Å². The SMILES string of the molecule is CCOCC(=O)N1CC(c2nc(C3CC3)n[nH]2)C2(CCCC2)C1. The Morgan fingerprint density at radius 3 is 2.87 bits per heavy atom. The number of carbonyl (C=O) groups is 1. The monoisotopic (exact) mass is 318 g/mol. The number of aromatic amines is 1. The van der Waals surface area contributed by atoms with Crippen LogP contribution in [0.1, 0.15) is 68.9 Å². The fourth-order valence-electron chi connectivity index (χ4n) is 4.37. The highest BCUT2D eigenvalue weighted by Crippen LogP contribution is 2.53. The molecule has 0 aromatic carbocycles. The summed E-state index contributed by atoms with van der Waals surface area (Å²) in [5.41, 5.74) is 0.197. The number of carbonyl (C=O) groups excluding carboxylic acids is 1. The number of nitrogens with one attached hydrogen (secondary N) is 1. The van der Waals surface area contributed by atoms with E-state index in [4.69, 9.17) is 9.72 Å². The van der Waals surface area contributed by atoms with Crippen LogP contribution < -0.4 is 0 Å². The van der Waals surface area contributed by atoms with Crippen molar-refractivity contribution < 1.29 is 9.53 Å². The summed E-state index contributed by atoms with van der Waals surface area (Å²) in [6.45, 7) is 4.31. The lowest BCUT2D eigenvalue weighted by Gasteiger charge is -2.28. The van der Waals surface area contributed by atoms with Crippen LogP contribution in [0.15, 0.2) is 0 Å². The van der Waals surface area contributed by atoms with Crippen LogP contribution in [0.5, 0.6) is 0 Å². The third-order valence-electron chi connectivity index (χ3n) is 5.82. The Morgan fingerprint density at radius 1 is 1.39 bits per heavy atom. The van der Waals surface area contributed by atoms with E-state index in [0.717, 1.165) is 24.7 Å². The van der Waals surface area contributed by atoms with Gasteiger partial charge in [0.15, 0.2) is 5.82 Å². The molecule has 6 nitrogen and oxygen atoms in total. The molecule has 3 aliphatic rings. The van der Waals surface area contributed by atoms with Gasteiger partial charge < -0.3 is 9.64 Å². The van der Waals surface area contributed by atoms with Gasteiger partial charge in [-0.25, -0.2) is 4.98 Å². The number of H-pyrrole nitrogens is 1. The third kappa shape index (κ3) is 2.77. The van der Waals surface area contributed by atoms with E-state index >= 15 is 0 Å². The molecule has 2 heterocycles. The summed E-state index contributed by atoms with van der Waals surface area (Å²) >= 11 is 0. The summed E-state index contributed by atoms with van der Waals surface area (Å²) in [5.74, 6) is 2.96. The molecule has 1 aliphatic heterocycles. The van der Waals surface area contributed by atoms with Crippen LogP contribution >= 0.6 is 0 Å². The van der Waals surface area contributed by atoms with E-state index in [2.05, 4.69) is 10.2 Å². The molecule has 2 saturated carbocycles. The van der Waals surface area contributed by atoms with Crippen LogP contribution in [0.3, 0.4) is 0 Å². The number of hydrogen-bond donors (Lipinski definition) is 1. The van der Waals surface area contributed by atoms with Crippen LogP contribution in [0.2, 0.25) is 0 Å². The van der Waals surface area contributed by atoms with Crippen LogP contribution in [-0.2, 0) is 9.53 Å². The molecule has 1 aromatic rings. The summed E-state index contributed by atoms with van der Waals surface area (Å²) in [5, 5.41) is 7.63. The predicted octanol–water partition coefficient (Wildman–Crippen LogP) is 2.20. The lowest BCUT2D eigenvalue weighted by atomic mass is 9.76. The normalized spacial score (nSPS) is 26.3. The average Bonchev–Trinajstić information content (AvgIpc) is 3.01. The van der Waals surface area contributed by atoms with Gasteiger partial charge in [-0.3, -0.25) is 9.89 Å². The maximum absolute atomic E-state index is 12.4. The molecule has 1 spiro atoms. The van der Waals surface area contributed by atoms with Crippen molar-refractivity contribution in [2.24, 2.45) is 5.41 Å². The lowest BCUT2D eigenvalue weighted by Crippen LogP contribution is -2.33. The molecule has 126 valence electrons. The van der Waals surface area contributed by atoms with Crippen molar-refractivity contribution in [1.82, 2.24) is 20.1 Å². The van der Waals surface area contributed by atoms with Gasteiger partial charge in [-0.15, -0.1) is 0 Å². The number of aromatic nitrogens is 3. The van der Waals surface area contributed by atoms with E-state index in [9.17, 15) is 4.79 Å². The summed E-state index contributed by atoms with van der Waals surface area (Å²) in [6.07, 6.45) is 7.32. The van der Waals surface area contributed by atoms with E-state index in [1.165, 1.54) is 38.5 Å². The second-order valence-electron chi connectivity index (χ2n) is 7.39. The molecule has 2 aliphatic carbocycles. The Labute approximate surface area is 137 Å². The third-order valence-corrected chi connectivity index (χ3v) is 5.82. The van der Waals surface area contributed by atoms with Crippen molar-refractivity contribution in [1.29, 1.82) is 0 Å². The highest BCUT2D eigenvalue weighted by Gasteiger charge is 2.51. The molecule has 1 aromatic heterocycles. The van der Waals surface area contributed by atoms with E-state index in [1.54, 1.807) is 0 Å². The second-order valence-corrected chi connectivity index (χ2v) is 7.39. The zero-order chi connectivity index (χ0) is 15.9. The van der Waals surface area contributed by atoms with Crippen LogP contribution in [-0.4, -0.2) is 52.3 Å². The van der Waals surface area contributed by atoms with E-state index in [0.29, 0.717) is 18.4 Å². The van der Waals surface area contributed by atoms with Gasteiger partial charge in [0.05, 0.1) is 0 Å². The predicted molar refractivity (Wildman–Crippen MR) is 85.1 cm³/mol. The van der Waals surface area contributed by atoms with Crippen molar-refractivity contribution in [2.45, 2.75) is 57.3 Å². The van der Waals surface area contributed by atoms with Crippen molar-refractivity contribution in [2.75, 3.05) is 26.3 Å². The fourth-order valence-corrected chi connectivity index (χ4v) is 4.37. The maximum Gasteiger partial charge on any atom is 0.248 e. The number of rotatable bonds is 5. The molecule has 1 amide bonds. The number of nitrogens with zero attached hydrogens (tertiary/aromatic N) is 3. The minimum Gasteiger partial charge on any atom is -0.372 e. The highest BCUT2D eigenvalue weighted by molar-refractivity contribution is 5.78. The van der Waals surface area contributed by atoms with Gasteiger partial charge >= 0.3 is 0 Å². The van der Waals surface area contributed by atoms with Crippen molar-refractivity contribution >= 4 is 5.91 Å². The molecular formula is C17H26N4O2. The van der Waals surface area contributed by atoms with Gasteiger partial charge in [-0.1, -0.05) is 12.8 Å². The molecule has 4 rings (SSSR count). The topological polar surface area (TPSA) is 71.1 Å². The lowest BCUT2D eigenvalue weighted by molar-refractivity contribution is -0.135. The fraction of sp³-hybridized carbons (Fsp3) is 0.824. The van der Waals surface area contributed by atoms with E-state index in [1.807, 2.05) is 11.8 Å². The van der Waals surface area contributed by atoms with Crippen LogP contribution in [0, 0.1) is 5.41 Å². The molecule has 0 bridgehead atoms. The number of hydrogen-bond acceptors (Lipinski definition) is 4. The summed E-state index contributed by atoms with van der Waals surface area (Å²) in [6, 6.07) is 0. The molecule has 0 radical (unpaired) electrons. The Kier molecular flexibility index (Phi) is 3.87. The standard InChI is InChI=1S/C17H26N4O2/c1-2-23-10-14(22)21-9-13(17(11-21)7-3-4-8-17)16-18-15(19-20-16)12-5-6-12/h12-13H,2-11H2,1H3,(H,18,19,20). The number of amides is 1. The first kappa shape index (κ1) is 15.1. The molecule has 1 N–H and O–H groups in total. The highest BCUT2D eigenvalue weighted by atomic mass is 16.5. The first-order valence-electron chi connectivity index (χ1n) is 8.99. The number of likely N-dealkylation sites (tertiary alicyclic amines) is 1. The first-order chi connectivity index (χ1) is 11.2. The zero-order valence-electron chi connectivity index (χ0n) is 13.9. The number of ether oxygens (including phenoxy) is 1. The average molecular weight is 318 g/mol. The van der Waals surface area contributed by atoms with E-state index in [-0.39, 0.29) is 17.9 Å². The summed E-state index contributed by atoms with van der Waals surface area (Å²) < 4.78 is 5.32. The van der Waals surface area contributed by atoms with Crippen molar-refractivity contribution in [3.05, 3.63) is 11.6 Å². The van der Waals surface area contributed by atoms with Crippen molar-refractivity contribution in [3.63, 3.8) is 0 Å². The molecule has 6 heteroatoms. The Bertz CT molecular complexity index is 575. The van der Waals surface area contributed by atoms with Gasteiger partial charge in [-0.2, -0.15) is 5.10 Å². The maximum atomic E-state index is 12.4. The second kappa shape index (κ2) is 5.89. The van der Waals surface area contributed by atoms with Gasteiger partial charge in [0.1, 0.15) is 12.4 Å². The summed E-state index contributed by atoms with van der Waals surface area (Å²) in [7, 11) is 0. The van der Waals surface area contributed by atoms with Crippen molar-refractivity contribution in [3.8, 4) is 0 Å². The minimum atomic E-state index is 0.113. The molecule has 1 unspecified atom stereocenters. The van der Waals surface area contributed by atoms with Gasteiger partial charge in [-0.05, 0) is 38.0 Å². The summed E-state index contributed by atoms with van der Waals surface area (Å²) in [4.78, 5) is 19.2. The zero-order valence-corrected chi connectivity index (χ0v) is 13.9. The molecular weight excluding hydrogens is 292 g/mol. The quantitative estimate of drug-likeness (QED) is 0.903. The Hall–Kier alpha value is -1.43. The first-order valence-corrected chi connectivity index (χ1v) is 8.99. The Morgan fingerprint density at radius 2 is 2.17 bits per heavy atom. The van der Waals surface area contributed by atoms with E-state index < -0.39 is 0 Å². The van der Waals surface area contributed by atoms with Gasteiger partial charge in [0.25, 0.3) is 0 Å². The molecule has 1 saturated heterocycles. The van der Waals surface area contributed by atoms with Crippen LogP contribution in [0.4, 0.5) is 0 Å². The smallest absolute Gasteiger partial charge is 0.248 e. The molecule has 1 atom stereocenters.